The van der Waals surface area contributed by atoms with Crippen molar-refractivity contribution in [2.24, 2.45) is 5.73 Å². The van der Waals surface area contributed by atoms with Crippen molar-refractivity contribution in [3.8, 4) is 5.75 Å². The first-order valence-electron chi connectivity index (χ1n) is 6.05. The first-order chi connectivity index (χ1) is 9.52. The summed E-state index contributed by atoms with van der Waals surface area (Å²) < 4.78 is 32.8. The summed E-state index contributed by atoms with van der Waals surface area (Å²) in [5.74, 6) is -0.656. The lowest BCUT2D eigenvalue weighted by atomic mass is 9.99. The van der Waals surface area contributed by atoms with Gasteiger partial charge in [0.25, 0.3) is 0 Å². The summed E-state index contributed by atoms with van der Waals surface area (Å²) in [7, 11) is 1.40. The lowest BCUT2D eigenvalue weighted by molar-refractivity contribution is 0.386. The van der Waals surface area contributed by atoms with E-state index in [1.54, 1.807) is 24.3 Å². The number of ether oxygens (including phenoxy) is 1. The number of nitrogens with two attached hydrogens (primary N) is 1. The smallest absolute Gasteiger partial charge is 0.165 e. The van der Waals surface area contributed by atoms with Crippen molar-refractivity contribution >= 4 is 15.9 Å². The summed E-state index contributed by atoms with van der Waals surface area (Å²) >= 11 is 3.12. The van der Waals surface area contributed by atoms with Crippen molar-refractivity contribution in [2.75, 3.05) is 7.11 Å². The first-order valence-corrected chi connectivity index (χ1v) is 6.84. The van der Waals surface area contributed by atoms with Crippen LogP contribution in [0.4, 0.5) is 8.78 Å². The number of benzene rings is 2. The number of hydrogen-bond acceptors (Lipinski definition) is 2. The highest BCUT2D eigenvalue weighted by Crippen LogP contribution is 2.26. The molecular weight excluding hydrogens is 328 g/mol. The van der Waals surface area contributed by atoms with E-state index in [2.05, 4.69) is 15.9 Å². The zero-order valence-electron chi connectivity index (χ0n) is 10.9. The summed E-state index contributed by atoms with van der Waals surface area (Å²) in [6, 6.07) is 9.03. The molecule has 0 amide bonds. The van der Waals surface area contributed by atoms with Gasteiger partial charge in [0.2, 0.25) is 0 Å². The summed E-state index contributed by atoms with van der Waals surface area (Å²) in [4.78, 5) is 0. The zero-order chi connectivity index (χ0) is 14.7. The molecule has 0 saturated carbocycles. The highest BCUT2D eigenvalue weighted by molar-refractivity contribution is 9.10. The van der Waals surface area contributed by atoms with Gasteiger partial charge in [0.15, 0.2) is 11.6 Å². The van der Waals surface area contributed by atoms with E-state index in [0.29, 0.717) is 22.0 Å². The van der Waals surface area contributed by atoms with Crippen LogP contribution in [0, 0.1) is 11.6 Å². The summed E-state index contributed by atoms with van der Waals surface area (Å²) in [6.07, 6.45) is 0.342. The van der Waals surface area contributed by atoms with Crippen molar-refractivity contribution in [3.05, 3.63) is 63.6 Å². The Labute approximate surface area is 124 Å². The van der Waals surface area contributed by atoms with Gasteiger partial charge in [0.1, 0.15) is 5.82 Å². The van der Waals surface area contributed by atoms with Crippen LogP contribution in [0.5, 0.6) is 5.75 Å². The molecule has 2 rings (SSSR count). The predicted molar refractivity (Wildman–Crippen MR) is 77.7 cm³/mol. The molecule has 2 aromatic carbocycles. The fourth-order valence-corrected chi connectivity index (χ4v) is 2.39. The average molecular weight is 342 g/mol. The molecule has 0 heterocycles. The van der Waals surface area contributed by atoms with Gasteiger partial charge < -0.3 is 10.5 Å². The van der Waals surface area contributed by atoms with Crippen LogP contribution in [0.15, 0.2) is 40.9 Å². The van der Waals surface area contributed by atoms with E-state index in [9.17, 15) is 8.78 Å². The Bertz CT molecular complexity index is 619. The number of methoxy groups -OCH3 is 1. The van der Waals surface area contributed by atoms with Gasteiger partial charge in [-0.3, -0.25) is 0 Å². The van der Waals surface area contributed by atoms with Crippen LogP contribution in [0.3, 0.4) is 0 Å². The van der Waals surface area contributed by atoms with Crippen LogP contribution in [0.1, 0.15) is 17.2 Å². The van der Waals surface area contributed by atoms with E-state index >= 15 is 0 Å². The van der Waals surface area contributed by atoms with Gasteiger partial charge in [-0.05, 0) is 46.1 Å². The van der Waals surface area contributed by atoms with Crippen LogP contribution >= 0.6 is 15.9 Å². The van der Waals surface area contributed by atoms with Crippen molar-refractivity contribution in [1.82, 2.24) is 0 Å². The molecular formula is C15H14BrF2NO. The van der Waals surface area contributed by atoms with E-state index in [0.717, 1.165) is 0 Å². The van der Waals surface area contributed by atoms with Crippen LogP contribution in [-0.2, 0) is 6.42 Å². The monoisotopic (exact) mass is 341 g/mol. The third kappa shape index (κ3) is 3.16. The number of rotatable bonds is 4. The molecule has 2 nitrogen and oxygen atoms in total. The first kappa shape index (κ1) is 14.9. The molecule has 0 saturated heterocycles. The van der Waals surface area contributed by atoms with E-state index in [1.807, 2.05) is 0 Å². The average Bonchev–Trinajstić information content (AvgIpc) is 2.42. The molecule has 20 heavy (non-hydrogen) atoms. The molecule has 5 heteroatoms. The largest absolute Gasteiger partial charge is 0.494 e. The van der Waals surface area contributed by atoms with E-state index in [-0.39, 0.29) is 11.6 Å². The van der Waals surface area contributed by atoms with E-state index in [4.69, 9.17) is 10.5 Å². The quantitative estimate of drug-likeness (QED) is 0.912. The Hall–Kier alpha value is -1.46. The molecule has 0 bridgehead atoms. The molecule has 1 unspecified atom stereocenters. The SMILES string of the molecule is COc1ccc(CC(N)c2cccc(Br)c2F)cc1F. The molecule has 0 aliphatic carbocycles. The third-order valence-corrected chi connectivity index (χ3v) is 3.67. The van der Waals surface area contributed by atoms with Crippen molar-refractivity contribution in [1.29, 1.82) is 0 Å². The van der Waals surface area contributed by atoms with Gasteiger partial charge in [-0.1, -0.05) is 18.2 Å². The molecule has 0 fully saturated rings. The lowest BCUT2D eigenvalue weighted by Gasteiger charge is -2.14. The second-order valence-corrected chi connectivity index (χ2v) is 5.28. The molecule has 2 N–H and O–H groups in total. The maximum Gasteiger partial charge on any atom is 0.165 e. The second kappa shape index (κ2) is 6.33. The van der Waals surface area contributed by atoms with Crippen molar-refractivity contribution in [3.63, 3.8) is 0 Å². The Balaban J connectivity index is 2.21. The molecule has 0 spiro atoms. The summed E-state index contributed by atoms with van der Waals surface area (Å²) in [5.41, 5.74) is 7.09. The maximum absolute atomic E-state index is 13.9. The van der Waals surface area contributed by atoms with Gasteiger partial charge in [0, 0.05) is 11.6 Å². The Kier molecular flexibility index (Phi) is 4.73. The normalized spacial score (nSPS) is 12.2. The van der Waals surface area contributed by atoms with Crippen LogP contribution < -0.4 is 10.5 Å². The molecule has 106 valence electrons. The van der Waals surface area contributed by atoms with Crippen LogP contribution in [0.2, 0.25) is 0 Å². The van der Waals surface area contributed by atoms with Gasteiger partial charge in [-0.15, -0.1) is 0 Å². The fraction of sp³-hybridized carbons (Fsp3) is 0.200. The highest BCUT2D eigenvalue weighted by atomic mass is 79.9. The van der Waals surface area contributed by atoms with E-state index < -0.39 is 11.9 Å². The molecule has 0 radical (unpaired) electrons. The van der Waals surface area contributed by atoms with Crippen LogP contribution in [0.25, 0.3) is 0 Å². The Morgan fingerprint density at radius 2 is 2.00 bits per heavy atom. The minimum atomic E-state index is -0.541. The topological polar surface area (TPSA) is 35.2 Å². The standard InChI is InChI=1S/C15H14BrF2NO/c1-20-14-6-5-9(7-12(14)17)8-13(19)10-3-2-4-11(16)15(10)18/h2-7,13H,8,19H2,1H3. The molecule has 0 aliphatic rings. The predicted octanol–water partition coefficient (Wildman–Crippen LogP) is 3.98. The van der Waals surface area contributed by atoms with Crippen LogP contribution in [-0.4, -0.2) is 7.11 Å². The molecule has 2 aromatic rings. The number of halogens is 3. The molecule has 1 atom stereocenters. The Morgan fingerprint density at radius 1 is 1.25 bits per heavy atom. The minimum absolute atomic E-state index is 0.177. The minimum Gasteiger partial charge on any atom is -0.494 e. The van der Waals surface area contributed by atoms with Gasteiger partial charge >= 0.3 is 0 Å². The van der Waals surface area contributed by atoms with Gasteiger partial charge in [-0.2, -0.15) is 0 Å². The fourth-order valence-electron chi connectivity index (χ4n) is 2.01. The van der Waals surface area contributed by atoms with Crippen molar-refractivity contribution < 1.29 is 13.5 Å². The van der Waals surface area contributed by atoms with Gasteiger partial charge in [0.05, 0.1) is 11.6 Å². The third-order valence-electron chi connectivity index (χ3n) is 3.05. The highest BCUT2D eigenvalue weighted by Gasteiger charge is 2.15. The van der Waals surface area contributed by atoms with Crippen molar-refractivity contribution in [2.45, 2.75) is 12.5 Å². The molecule has 0 aromatic heterocycles. The lowest BCUT2D eigenvalue weighted by Crippen LogP contribution is -2.15. The zero-order valence-corrected chi connectivity index (χ0v) is 12.5. The summed E-state index contributed by atoms with van der Waals surface area (Å²) in [5, 5.41) is 0. The second-order valence-electron chi connectivity index (χ2n) is 4.42. The van der Waals surface area contributed by atoms with Gasteiger partial charge in [-0.25, -0.2) is 8.78 Å². The Morgan fingerprint density at radius 3 is 2.65 bits per heavy atom. The van der Waals surface area contributed by atoms with E-state index in [1.165, 1.54) is 19.2 Å². The summed E-state index contributed by atoms with van der Waals surface area (Å²) in [6.45, 7) is 0. The maximum atomic E-state index is 13.9. The molecule has 0 aliphatic heterocycles. The number of hydrogen-bond donors (Lipinski definition) is 1.